The highest BCUT2D eigenvalue weighted by molar-refractivity contribution is 6.03. The van der Waals surface area contributed by atoms with E-state index in [9.17, 15) is 38.4 Å². The molecule has 0 radical (unpaired) electrons. The maximum absolute atomic E-state index is 17.2. The molecule has 2 N–H and O–H groups in total. The Bertz CT molecular complexity index is 4650. The van der Waals surface area contributed by atoms with Gasteiger partial charge in [0.05, 0.1) is 45.0 Å². The summed E-state index contributed by atoms with van der Waals surface area (Å²) in [5.74, 6) is -54.4. The van der Waals surface area contributed by atoms with Gasteiger partial charge in [0.15, 0.2) is 93.1 Å². The number of fused-ring (bicyclic) bond motifs is 8. The van der Waals surface area contributed by atoms with E-state index in [4.69, 9.17) is 18.9 Å². The van der Waals surface area contributed by atoms with Gasteiger partial charge in [-0.25, -0.2) is 119 Å². The molecule has 20 nitrogen and oxygen atoms in total. The van der Waals surface area contributed by atoms with Crippen molar-refractivity contribution in [2.24, 2.45) is 0 Å². The number of carbonyl (C=O) groups excluding carboxylic acids is 8. The number of aromatic amines is 2. The van der Waals surface area contributed by atoms with E-state index in [1.54, 1.807) is 0 Å². The maximum atomic E-state index is 17.2. The molecule has 7 aromatic rings. The van der Waals surface area contributed by atoms with E-state index < -0.39 is 305 Å². The van der Waals surface area contributed by atoms with E-state index in [2.05, 4.69) is 65.2 Å². The standard InChI is InChI=1S/C72H46F16N4O16/c1-25(2)65(93)101-17-21-105-69(97)45-57(81)49(73)41(50(74)58(45)82)37-29-9-11-31(89-29)38(42-51(75)59(83)46(60(84)52(42)76)70(98)106-22-18-102-66(94)26(3)4)33-13-15-35(91-33)40(44-55(79)63(87)48(64(88)56(44)80)72(100)108-24-20-104-68(96)28(7)8)36-16-14-34(92-36)39(32-12-10-30(37)90-32)43-53(77)61(85)47(62(86)54(43)78)71(99)107-23-19-103-67(95)27(5)6/h9-16,89,92H,1,3,5,7,17-24H2,2,4,6,8H3. The summed E-state index contributed by atoms with van der Waals surface area (Å²) in [7, 11) is 0. The highest BCUT2D eigenvalue weighted by Crippen LogP contribution is 2.46. The smallest absolute Gasteiger partial charge is 0.344 e. The Morgan fingerprint density at radius 1 is 0.269 bits per heavy atom. The van der Waals surface area contributed by atoms with Crippen LogP contribution in [0.15, 0.2) is 72.9 Å². The van der Waals surface area contributed by atoms with Gasteiger partial charge in [-0.2, -0.15) is 0 Å². The van der Waals surface area contributed by atoms with Crippen LogP contribution >= 0.6 is 0 Å². The number of halogens is 16. The predicted molar refractivity (Wildman–Crippen MR) is 344 cm³/mol. The largest absolute Gasteiger partial charge is 0.459 e. The predicted octanol–water partition coefficient (Wildman–Crippen LogP) is 14.7. The van der Waals surface area contributed by atoms with E-state index in [0.717, 1.165) is 0 Å². The summed E-state index contributed by atoms with van der Waals surface area (Å²) in [6.07, 6.45) is 2.23. The molecule has 3 aromatic heterocycles. The topological polar surface area (TPSA) is 268 Å². The molecule has 108 heavy (non-hydrogen) atoms. The number of ether oxygens (including phenoxy) is 8. The number of carbonyl (C=O) groups is 8. The number of hydrogen-bond acceptors (Lipinski definition) is 18. The highest BCUT2D eigenvalue weighted by atomic mass is 19.2. The Balaban J connectivity index is 1.42. The van der Waals surface area contributed by atoms with Gasteiger partial charge < -0.3 is 47.9 Å². The Labute approximate surface area is 594 Å². The van der Waals surface area contributed by atoms with Crippen molar-refractivity contribution in [3.63, 3.8) is 0 Å². The zero-order valence-electron chi connectivity index (χ0n) is 55.6. The van der Waals surface area contributed by atoms with E-state index in [-0.39, 0.29) is 22.3 Å². The van der Waals surface area contributed by atoms with Crippen molar-refractivity contribution in [2.75, 3.05) is 52.9 Å². The van der Waals surface area contributed by atoms with Crippen molar-refractivity contribution in [3.8, 4) is 44.5 Å². The van der Waals surface area contributed by atoms with Gasteiger partial charge in [-0.3, -0.25) is 0 Å². The minimum absolute atomic E-state index is 0.175. The molecule has 0 saturated carbocycles. The summed E-state index contributed by atoms with van der Waals surface area (Å²) in [4.78, 5) is 113. The molecule has 0 aliphatic carbocycles. The molecule has 0 spiro atoms. The highest BCUT2D eigenvalue weighted by Gasteiger charge is 2.39. The van der Waals surface area contributed by atoms with E-state index in [0.29, 0.717) is 48.6 Å². The van der Waals surface area contributed by atoms with Crippen LogP contribution in [0.1, 0.15) is 91.9 Å². The molecule has 0 fully saturated rings. The third kappa shape index (κ3) is 15.3. The summed E-state index contributed by atoms with van der Waals surface area (Å²) in [5, 5.41) is 0. The molecule has 5 heterocycles. The van der Waals surface area contributed by atoms with Crippen molar-refractivity contribution < 1.29 is 146 Å². The minimum atomic E-state index is -2.60. The summed E-state index contributed by atoms with van der Waals surface area (Å²) in [6, 6.07) is 2.34. The second-order valence-corrected chi connectivity index (χ2v) is 22.7. The number of nitrogens with one attached hydrogen (secondary N) is 2. The number of rotatable bonds is 24. The number of nitrogens with zero attached hydrogens (tertiary/aromatic N) is 2. The van der Waals surface area contributed by atoms with Crippen LogP contribution in [-0.4, -0.2) is 121 Å². The first-order valence-corrected chi connectivity index (χ1v) is 30.6. The van der Waals surface area contributed by atoms with Crippen molar-refractivity contribution in [3.05, 3.63) is 211 Å². The lowest BCUT2D eigenvalue weighted by Gasteiger charge is -2.14. The zero-order chi connectivity index (χ0) is 79.5. The SMILES string of the molecule is C=C(C)C(=O)OCCOC(=O)c1c(F)c(F)c(-c2c3nc(c(-c4c(F)c(F)c(C(=O)OCCOC(=O)C(=C)C)c(F)c4F)c4ccc([nH]4)c(-c4c(F)c(F)c(C(=O)OCCOC(=O)C(=C)C)c(F)c4F)c4nc(c(-c5c(F)c(F)c(C(=O)OCCOC(=O)C(=C)C)c(F)c5F)c5ccc2[nH]5)C=C4)C=C3)c(F)c1F. The number of H-pyrrole nitrogens is 2. The average molecular weight is 1530 g/mol. The molecule has 9 rings (SSSR count). The molecular weight excluding hydrogens is 1480 g/mol. The molecule has 562 valence electrons. The maximum Gasteiger partial charge on any atom is 0.344 e. The van der Waals surface area contributed by atoms with E-state index in [1.165, 1.54) is 27.7 Å². The molecule has 0 saturated heterocycles. The van der Waals surface area contributed by atoms with Crippen LogP contribution in [0.5, 0.6) is 0 Å². The molecular formula is C72H46F16N4O16. The van der Waals surface area contributed by atoms with E-state index in [1.807, 2.05) is 0 Å². The first-order chi connectivity index (χ1) is 50.9. The summed E-state index contributed by atoms with van der Waals surface area (Å²) in [6.45, 7) is 10.5. The normalized spacial score (nSPS) is 11.4. The fraction of sp³-hybridized carbons (Fsp3) is 0.167. The lowest BCUT2D eigenvalue weighted by molar-refractivity contribution is -0.140. The van der Waals surface area contributed by atoms with Gasteiger partial charge in [0.25, 0.3) is 0 Å². The van der Waals surface area contributed by atoms with Gasteiger partial charge >= 0.3 is 47.8 Å². The Hall–Kier alpha value is -12.9. The number of benzene rings is 4. The van der Waals surface area contributed by atoms with Crippen LogP contribution in [0.3, 0.4) is 0 Å². The van der Waals surface area contributed by atoms with Crippen LogP contribution in [0.25, 0.3) is 90.9 Å². The molecule has 36 heteroatoms. The summed E-state index contributed by atoms with van der Waals surface area (Å²) < 4.78 is 308. The molecule has 2 aliphatic rings. The van der Waals surface area contributed by atoms with Gasteiger partial charge in [0.2, 0.25) is 0 Å². The minimum Gasteiger partial charge on any atom is -0.459 e. The van der Waals surface area contributed by atoms with Gasteiger partial charge in [0, 0.05) is 66.6 Å². The van der Waals surface area contributed by atoms with Crippen molar-refractivity contribution in [1.29, 1.82) is 0 Å². The molecule has 4 aromatic carbocycles. The fourth-order valence-electron chi connectivity index (χ4n) is 10.2. The van der Waals surface area contributed by atoms with E-state index >= 15 is 70.2 Å². The lowest BCUT2D eigenvalue weighted by atomic mass is 9.99. The zero-order valence-corrected chi connectivity index (χ0v) is 55.6. The second kappa shape index (κ2) is 32.2. The molecule has 0 atom stereocenters. The van der Waals surface area contributed by atoms with Gasteiger partial charge in [0.1, 0.15) is 75.1 Å². The first kappa shape index (κ1) is 79.2. The van der Waals surface area contributed by atoms with Crippen molar-refractivity contribution in [1.82, 2.24) is 19.9 Å². The summed E-state index contributed by atoms with van der Waals surface area (Å²) in [5.41, 5.74) is -31.4. The quantitative estimate of drug-likeness (QED) is 0.0142. The van der Waals surface area contributed by atoms with Gasteiger partial charge in [-0.1, -0.05) is 26.3 Å². The van der Waals surface area contributed by atoms with Gasteiger partial charge in [-0.05, 0) is 76.3 Å². The Morgan fingerprint density at radius 3 is 0.583 bits per heavy atom. The first-order valence-electron chi connectivity index (χ1n) is 30.6. The van der Waals surface area contributed by atoms with Crippen LogP contribution in [0.4, 0.5) is 70.2 Å². The van der Waals surface area contributed by atoms with Crippen LogP contribution < -0.4 is 0 Å². The fourth-order valence-corrected chi connectivity index (χ4v) is 10.2. The summed E-state index contributed by atoms with van der Waals surface area (Å²) >= 11 is 0. The molecule has 2 aliphatic heterocycles. The Kier molecular flexibility index (Phi) is 23.6. The van der Waals surface area contributed by atoms with Crippen LogP contribution in [-0.2, 0) is 57.1 Å². The monoisotopic (exact) mass is 1530 g/mol. The van der Waals surface area contributed by atoms with Crippen LogP contribution in [0.2, 0.25) is 0 Å². The number of esters is 8. The second-order valence-electron chi connectivity index (χ2n) is 22.7. The third-order valence-corrected chi connectivity index (χ3v) is 15.2. The number of aromatic nitrogens is 4. The average Bonchev–Trinajstić information content (AvgIpc) is 1.48. The number of hydrogen-bond donors (Lipinski definition) is 2. The Morgan fingerprint density at radius 2 is 0.426 bits per heavy atom. The van der Waals surface area contributed by atoms with Crippen LogP contribution in [0, 0.1) is 93.1 Å². The van der Waals surface area contributed by atoms with Crippen molar-refractivity contribution >= 4 is 94.1 Å². The van der Waals surface area contributed by atoms with Crippen molar-refractivity contribution in [2.45, 2.75) is 27.7 Å². The van der Waals surface area contributed by atoms with Gasteiger partial charge in [-0.15, -0.1) is 0 Å². The lowest BCUT2D eigenvalue weighted by Crippen LogP contribution is -2.18. The third-order valence-electron chi connectivity index (χ3n) is 15.2. The molecule has 0 unspecified atom stereocenters. The molecule has 0 amide bonds. The molecule has 8 bridgehead atoms.